The quantitative estimate of drug-likeness (QED) is 0.492. The molecule has 1 aliphatic carbocycles. The van der Waals surface area contributed by atoms with Gasteiger partial charge in [0.15, 0.2) is 0 Å². The fourth-order valence-electron chi connectivity index (χ4n) is 2.49. The summed E-state index contributed by atoms with van der Waals surface area (Å²) in [6, 6.07) is 0.210. The number of aryl methyl sites for hydroxylation is 1. The summed E-state index contributed by atoms with van der Waals surface area (Å²) in [7, 11) is 0. The van der Waals surface area contributed by atoms with Gasteiger partial charge in [0.2, 0.25) is 0 Å². The van der Waals surface area contributed by atoms with Crippen LogP contribution in [0.25, 0.3) is 0 Å². The maximum Gasteiger partial charge on any atom is 0.407 e. The van der Waals surface area contributed by atoms with Gasteiger partial charge in [0, 0.05) is 10.9 Å². The molecule has 24 heavy (non-hydrogen) atoms. The van der Waals surface area contributed by atoms with E-state index in [1.54, 1.807) is 0 Å². The molecule has 0 aromatic carbocycles. The number of ether oxygens (including phenoxy) is 1. The van der Waals surface area contributed by atoms with E-state index in [-0.39, 0.29) is 12.1 Å². The van der Waals surface area contributed by atoms with Crippen molar-refractivity contribution in [2.24, 2.45) is 0 Å². The van der Waals surface area contributed by atoms with Gasteiger partial charge in [-0.25, -0.2) is 14.6 Å². The molecular weight excluding hydrogens is 326 g/mol. The summed E-state index contributed by atoms with van der Waals surface area (Å²) in [5.41, 5.74) is 2.45. The Labute approximate surface area is 149 Å². The van der Waals surface area contributed by atoms with Gasteiger partial charge >= 0.3 is 6.09 Å². The highest BCUT2D eigenvalue weighted by molar-refractivity contribution is 7.10. The van der Waals surface area contributed by atoms with Gasteiger partial charge in [0.25, 0.3) is 0 Å². The lowest BCUT2D eigenvalue weighted by molar-refractivity contribution is -0.287. The minimum atomic E-state index is -0.428. The van der Waals surface area contributed by atoms with Gasteiger partial charge in [-0.3, -0.25) is 0 Å². The van der Waals surface area contributed by atoms with Crippen LogP contribution in [-0.2, 0) is 27.4 Å². The van der Waals surface area contributed by atoms with E-state index in [4.69, 9.17) is 4.74 Å². The summed E-state index contributed by atoms with van der Waals surface area (Å²) >= 11 is 1.81. The molecule has 1 aromatic rings. The lowest BCUT2D eigenvalue weighted by Gasteiger charge is -2.26. The highest BCUT2D eigenvalue weighted by Gasteiger charge is 2.24. The first-order valence-electron chi connectivity index (χ1n) is 8.56. The third kappa shape index (κ3) is 7.64. The monoisotopic (exact) mass is 357 g/mol. The van der Waals surface area contributed by atoms with E-state index in [1.165, 1.54) is 16.0 Å². The van der Waals surface area contributed by atoms with E-state index in [0.29, 0.717) is 13.2 Å². The summed E-state index contributed by atoms with van der Waals surface area (Å²) in [6.45, 7) is 12.9. The van der Waals surface area contributed by atoms with Crippen LogP contribution in [0.4, 0.5) is 4.79 Å². The molecule has 0 fully saturated rings. The minimum absolute atomic E-state index is 0.210. The number of nitrogens with one attached hydrogen (secondary N) is 1. The largest absolute Gasteiger partial charge is 0.444 e. The number of thiophene rings is 1. The summed E-state index contributed by atoms with van der Waals surface area (Å²) in [6.07, 6.45) is 2.69. The molecule has 1 aromatic heterocycles. The lowest BCUT2D eigenvalue weighted by atomic mass is 9.90. The summed E-state index contributed by atoms with van der Waals surface area (Å²) in [5.74, 6) is 0. The molecule has 0 saturated heterocycles. The molecule has 0 saturated carbocycles. The second-order valence-corrected chi connectivity index (χ2v) is 7.78. The van der Waals surface area contributed by atoms with Crippen LogP contribution in [0, 0.1) is 6.92 Å². The maximum atomic E-state index is 11.7. The van der Waals surface area contributed by atoms with E-state index in [9.17, 15) is 4.79 Å². The van der Waals surface area contributed by atoms with Crippen molar-refractivity contribution in [1.82, 2.24) is 5.32 Å². The molecule has 6 heteroatoms. The second-order valence-electron chi connectivity index (χ2n) is 6.69. The van der Waals surface area contributed by atoms with Crippen LogP contribution in [0.2, 0.25) is 0 Å². The SMILES string of the molecule is CCOOCC.Cc1scc2c1CCC(NC(=O)OC(C)(C)C)C2. The Bertz CT molecular complexity index is 504. The lowest BCUT2D eigenvalue weighted by Crippen LogP contribution is -2.41. The summed E-state index contributed by atoms with van der Waals surface area (Å²) in [4.78, 5) is 22.1. The highest BCUT2D eigenvalue weighted by atomic mass is 32.1. The van der Waals surface area contributed by atoms with Crippen LogP contribution in [0.5, 0.6) is 0 Å². The number of fused-ring (bicyclic) bond motifs is 1. The van der Waals surface area contributed by atoms with Crippen LogP contribution in [-0.4, -0.2) is 30.9 Å². The first-order valence-corrected chi connectivity index (χ1v) is 9.44. The van der Waals surface area contributed by atoms with E-state index in [2.05, 4.69) is 27.4 Å². The summed E-state index contributed by atoms with van der Waals surface area (Å²) < 4.78 is 5.29. The fraction of sp³-hybridized carbons (Fsp3) is 0.722. The molecule has 5 nitrogen and oxygen atoms in total. The molecule has 0 aliphatic heterocycles. The molecule has 1 heterocycles. The van der Waals surface area contributed by atoms with Gasteiger partial charge in [-0.2, -0.15) is 0 Å². The van der Waals surface area contributed by atoms with Crippen LogP contribution in [0.15, 0.2) is 5.38 Å². The van der Waals surface area contributed by atoms with Crippen molar-refractivity contribution in [3.63, 3.8) is 0 Å². The zero-order chi connectivity index (χ0) is 18.2. The zero-order valence-electron chi connectivity index (χ0n) is 15.7. The van der Waals surface area contributed by atoms with Crippen LogP contribution >= 0.6 is 11.3 Å². The number of carbonyl (C=O) groups excluding carboxylic acids is 1. The van der Waals surface area contributed by atoms with Crippen molar-refractivity contribution in [3.8, 4) is 0 Å². The maximum absolute atomic E-state index is 11.7. The van der Waals surface area contributed by atoms with Crippen molar-refractivity contribution in [2.45, 2.75) is 72.4 Å². The molecular formula is C18H31NO4S. The number of hydrogen-bond donors (Lipinski definition) is 1. The minimum Gasteiger partial charge on any atom is -0.444 e. The molecule has 1 atom stereocenters. The standard InChI is InChI=1S/C14H21NO2S.C4H10O2/c1-9-12-6-5-11(7-10(12)8-18-9)15-13(16)17-14(2,3)4;1-3-5-6-4-2/h8,11H,5-7H2,1-4H3,(H,15,16);3-4H2,1-2H3. The van der Waals surface area contributed by atoms with Crippen LogP contribution in [0.1, 0.15) is 57.0 Å². The molecule has 1 unspecified atom stereocenters. The predicted octanol–water partition coefficient (Wildman–Crippen LogP) is 4.41. The first kappa shape index (κ1) is 20.9. The third-order valence-corrected chi connectivity index (χ3v) is 4.44. The fourth-order valence-corrected chi connectivity index (χ4v) is 3.42. The van der Waals surface area contributed by atoms with Crippen molar-refractivity contribution in [2.75, 3.05) is 13.2 Å². The van der Waals surface area contributed by atoms with Crippen molar-refractivity contribution in [1.29, 1.82) is 0 Å². The Morgan fingerprint density at radius 3 is 2.46 bits per heavy atom. The molecule has 138 valence electrons. The van der Waals surface area contributed by atoms with Crippen LogP contribution < -0.4 is 5.32 Å². The first-order chi connectivity index (χ1) is 11.3. The zero-order valence-corrected chi connectivity index (χ0v) is 16.5. The predicted molar refractivity (Wildman–Crippen MR) is 97.5 cm³/mol. The topological polar surface area (TPSA) is 56.8 Å². The smallest absolute Gasteiger partial charge is 0.407 e. The van der Waals surface area contributed by atoms with E-state index in [0.717, 1.165) is 19.3 Å². The van der Waals surface area contributed by atoms with Gasteiger partial charge in [-0.15, -0.1) is 11.3 Å². The number of rotatable bonds is 4. The Balaban J connectivity index is 0.000000413. The van der Waals surface area contributed by atoms with E-state index < -0.39 is 5.60 Å². The number of alkyl carbamates (subject to hydrolysis) is 1. The van der Waals surface area contributed by atoms with Gasteiger partial charge in [0.05, 0.1) is 13.2 Å². The van der Waals surface area contributed by atoms with Gasteiger partial charge in [0.1, 0.15) is 5.60 Å². The molecule has 0 radical (unpaired) electrons. The van der Waals surface area contributed by atoms with Gasteiger partial charge in [-0.05, 0) is 77.3 Å². The molecule has 1 amide bonds. The molecule has 2 rings (SSSR count). The van der Waals surface area contributed by atoms with Crippen molar-refractivity contribution < 1.29 is 19.3 Å². The van der Waals surface area contributed by atoms with E-state index in [1.807, 2.05) is 46.0 Å². The number of carbonyl (C=O) groups is 1. The van der Waals surface area contributed by atoms with Gasteiger partial charge in [-0.1, -0.05) is 0 Å². The Hall–Kier alpha value is -1.11. The Morgan fingerprint density at radius 2 is 1.92 bits per heavy atom. The van der Waals surface area contributed by atoms with Crippen molar-refractivity contribution in [3.05, 3.63) is 21.4 Å². The van der Waals surface area contributed by atoms with Gasteiger partial charge < -0.3 is 10.1 Å². The molecule has 0 bridgehead atoms. The normalized spacial score (nSPS) is 16.7. The number of amides is 1. The average Bonchev–Trinajstić information content (AvgIpc) is 2.84. The average molecular weight is 358 g/mol. The highest BCUT2D eigenvalue weighted by Crippen LogP contribution is 2.29. The van der Waals surface area contributed by atoms with Crippen molar-refractivity contribution >= 4 is 17.4 Å². The second kappa shape index (κ2) is 10.0. The Kier molecular flexibility index (Phi) is 8.73. The van der Waals surface area contributed by atoms with E-state index >= 15 is 0 Å². The molecule has 1 aliphatic rings. The Morgan fingerprint density at radius 1 is 1.29 bits per heavy atom. The molecule has 0 spiro atoms. The number of hydrogen-bond acceptors (Lipinski definition) is 5. The molecule has 1 N–H and O–H groups in total. The summed E-state index contributed by atoms with van der Waals surface area (Å²) in [5, 5.41) is 5.18. The van der Waals surface area contributed by atoms with Crippen LogP contribution in [0.3, 0.4) is 0 Å². The third-order valence-electron chi connectivity index (χ3n) is 3.44.